The first kappa shape index (κ1) is 13.3. The van der Waals surface area contributed by atoms with Crippen molar-refractivity contribution < 1.29 is 14.3 Å². The maximum atomic E-state index is 12.5. The summed E-state index contributed by atoms with van der Waals surface area (Å²) in [6.45, 7) is 1.68. The number of nitrogens with one attached hydrogen (secondary N) is 2. The van der Waals surface area contributed by atoms with E-state index >= 15 is 0 Å². The van der Waals surface area contributed by atoms with Crippen molar-refractivity contribution in [1.29, 1.82) is 0 Å². The number of rotatable bonds is 3. The molecule has 2 aliphatic heterocycles. The van der Waals surface area contributed by atoms with Gasteiger partial charge in [0.1, 0.15) is 6.04 Å². The lowest BCUT2D eigenvalue weighted by Crippen LogP contribution is -2.50. The standard InChI is InChI=1S/C12H21N3O3/c1-13-9-7-18-6-8(9)12(17)15-5-3-4-10(15)11(16)14-2/h8-10,13H,3-7H2,1-2H3,(H,14,16). The SMILES string of the molecule is CNC(=O)C1CCCN1C(=O)C1COCC1NC. The van der Waals surface area contributed by atoms with Crippen LogP contribution >= 0.6 is 0 Å². The van der Waals surface area contributed by atoms with E-state index in [4.69, 9.17) is 4.74 Å². The third-order valence-electron chi connectivity index (χ3n) is 3.85. The molecule has 2 amide bonds. The second kappa shape index (κ2) is 5.67. The van der Waals surface area contributed by atoms with Gasteiger partial charge in [-0.2, -0.15) is 0 Å². The highest BCUT2D eigenvalue weighted by molar-refractivity contribution is 5.89. The van der Waals surface area contributed by atoms with Gasteiger partial charge in [0.2, 0.25) is 11.8 Å². The fraction of sp³-hybridized carbons (Fsp3) is 0.833. The minimum absolute atomic E-state index is 0.0398. The van der Waals surface area contributed by atoms with E-state index < -0.39 is 0 Å². The molecule has 0 saturated carbocycles. The lowest BCUT2D eigenvalue weighted by molar-refractivity contribution is -0.141. The minimum Gasteiger partial charge on any atom is -0.379 e. The molecule has 0 spiro atoms. The van der Waals surface area contributed by atoms with Gasteiger partial charge in [-0.15, -0.1) is 0 Å². The van der Waals surface area contributed by atoms with E-state index in [0.717, 1.165) is 12.8 Å². The molecular weight excluding hydrogens is 234 g/mol. The van der Waals surface area contributed by atoms with Crippen molar-refractivity contribution in [2.45, 2.75) is 24.9 Å². The Morgan fingerprint density at radius 2 is 2.06 bits per heavy atom. The van der Waals surface area contributed by atoms with Crippen molar-refractivity contribution >= 4 is 11.8 Å². The van der Waals surface area contributed by atoms with Crippen molar-refractivity contribution in [1.82, 2.24) is 15.5 Å². The Morgan fingerprint density at radius 3 is 2.72 bits per heavy atom. The molecule has 6 heteroatoms. The van der Waals surface area contributed by atoms with E-state index in [9.17, 15) is 9.59 Å². The van der Waals surface area contributed by atoms with Crippen LogP contribution in [0, 0.1) is 5.92 Å². The molecule has 18 heavy (non-hydrogen) atoms. The molecule has 2 saturated heterocycles. The second-order valence-electron chi connectivity index (χ2n) is 4.84. The predicted octanol–water partition coefficient (Wildman–Crippen LogP) is -1.04. The first-order chi connectivity index (χ1) is 8.69. The Morgan fingerprint density at radius 1 is 1.28 bits per heavy atom. The molecule has 0 radical (unpaired) electrons. The van der Waals surface area contributed by atoms with Crippen LogP contribution < -0.4 is 10.6 Å². The van der Waals surface area contributed by atoms with Gasteiger partial charge in [-0.1, -0.05) is 0 Å². The summed E-state index contributed by atoms with van der Waals surface area (Å²) < 4.78 is 5.35. The zero-order valence-corrected chi connectivity index (χ0v) is 10.9. The molecule has 0 aromatic rings. The van der Waals surface area contributed by atoms with E-state index in [-0.39, 0.29) is 29.8 Å². The smallest absolute Gasteiger partial charge is 0.242 e. The first-order valence-electron chi connectivity index (χ1n) is 6.46. The summed E-state index contributed by atoms with van der Waals surface area (Å²) in [5.41, 5.74) is 0. The molecule has 2 fully saturated rings. The molecule has 3 unspecified atom stereocenters. The van der Waals surface area contributed by atoms with Gasteiger partial charge in [0.15, 0.2) is 0 Å². The van der Waals surface area contributed by atoms with Crippen molar-refractivity contribution in [3.63, 3.8) is 0 Å². The number of likely N-dealkylation sites (N-methyl/N-ethyl adjacent to an activating group) is 2. The Hall–Kier alpha value is -1.14. The summed E-state index contributed by atoms with van der Waals surface area (Å²) in [6, 6.07) is -0.246. The molecule has 2 rings (SSSR count). The van der Waals surface area contributed by atoms with Crippen LogP contribution in [0.25, 0.3) is 0 Å². The quantitative estimate of drug-likeness (QED) is 0.675. The summed E-state index contributed by atoms with van der Waals surface area (Å²) in [5, 5.41) is 5.73. The number of amides is 2. The molecule has 102 valence electrons. The summed E-state index contributed by atoms with van der Waals surface area (Å²) in [6.07, 6.45) is 1.64. The fourth-order valence-electron chi connectivity index (χ4n) is 2.76. The Kier molecular flexibility index (Phi) is 4.19. The van der Waals surface area contributed by atoms with Crippen molar-refractivity contribution in [2.24, 2.45) is 5.92 Å². The van der Waals surface area contributed by atoms with Gasteiger partial charge < -0.3 is 20.3 Å². The van der Waals surface area contributed by atoms with E-state index in [1.54, 1.807) is 11.9 Å². The van der Waals surface area contributed by atoms with Crippen LogP contribution in [-0.4, -0.2) is 62.7 Å². The number of likely N-dealkylation sites (tertiary alicyclic amines) is 1. The number of ether oxygens (including phenoxy) is 1. The maximum absolute atomic E-state index is 12.5. The highest BCUT2D eigenvalue weighted by atomic mass is 16.5. The summed E-state index contributed by atoms with van der Waals surface area (Å²) in [4.78, 5) is 25.9. The van der Waals surface area contributed by atoms with Crippen LogP contribution in [0.5, 0.6) is 0 Å². The molecule has 2 N–H and O–H groups in total. The molecule has 2 heterocycles. The number of carbonyl (C=O) groups excluding carboxylic acids is 2. The zero-order valence-electron chi connectivity index (χ0n) is 10.9. The van der Waals surface area contributed by atoms with E-state index in [1.165, 1.54) is 0 Å². The molecule has 6 nitrogen and oxygen atoms in total. The lowest BCUT2D eigenvalue weighted by atomic mass is 10.0. The van der Waals surface area contributed by atoms with Crippen LogP contribution in [0.3, 0.4) is 0 Å². The van der Waals surface area contributed by atoms with Crippen LogP contribution in [0.1, 0.15) is 12.8 Å². The molecule has 0 aliphatic carbocycles. The number of carbonyl (C=O) groups is 2. The Bertz CT molecular complexity index is 335. The van der Waals surface area contributed by atoms with E-state index in [2.05, 4.69) is 10.6 Å². The van der Waals surface area contributed by atoms with Crippen molar-refractivity contribution in [3.8, 4) is 0 Å². The minimum atomic E-state index is -0.305. The first-order valence-corrected chi connectivity index (χ1v) is 6.46. The summed E-state index contributed by atoms with van der Waals surface area (Å²) in [5.74, 6) is -0.195. The second-order valence-corrected chi connectivity index (χ2v) is 4.84. The molecule has 3 atom stereocenters. The van der Waals surface area contributed by atoms with Gasteiger partial charge in [0, 0.05) is 19.6 Å². The van der Waals surface area contributed by atoms with E-state index in [0.29, 0.717) is 19.8 Å². The number of hydrogen-bond donors (Lipinski definition) is 2. The third-order valence-corrected chi connectivity index (χ3v) is 3.85. The lowest BCUT2D eigenvalue weighted by Gasteiger charge is -2.27. The molecule has 0 aromatic carbocycles. The van der Waals surface area contributed by atoms with Gasteiger partial charge in [0.05, 0.1) is 19.1 Å². The third kappa shape index (κ3) is 2.35. The fourth-order valence-corrected chi connectivity index (χ4v) is 2.76. The number of nitrogens with zero attached hydrogens (tertiary/aromatic N) is 1. The van der Waals surface area contributed by atoms with Crippen LogP contribution in [0.2, 0.25) is 0 Å². The molecule has 0 aromatic heterocycles. The maximum Gasteiger partial charge on any atom is 0.242 e. The summed E-state index contributed by atoms with van der Waals surface area (Å²) in [7, 11) is 3.44. The molecular formula is C12H21N3O3. The van der Waals surface area contributed by atoms with Gasteiger partial charge in [-0.25, -0.2) is 0 Å². The van der Waals surface area contributed by atoms with Gasteiger partial charge >= 0.3 is 0 Å². The number of hydrogen-bond acceptors (Lipinski definition) is 4. The van der Waals surface area contributed by atoms with Crippen LogP contribution in [0.4, 0.5) is 0 Å². The Labute approximate surface area is 107 Å². The van der Waals surface area contributed by atoms with Gasteiger partial charge in [0.25, 0.3) is 0 Å². The van der Waals surface area contributed by atoms with Crippen molar-refractivity contribution in [3.05, 3.63) is 0 Å². The summed E-state index contributed by atoms with van der Waals surface area (Å²) >= 11 is 0. The predicted molar refractivity (Wildman–Crippen MR) is 66.0 cm³/mol. The molecule has 0 bridgehead atoms. The zero-order chi connectivity index (χ0) is 13.1. The average molecular weight is 255 g/mol. The average Bonchev–Trinajstić information content (AvgIpc) is 3.04. The van der Waals surface area contributed by atoms with Gasteiger partial charge in [-0.05, 0) is 19.9 Å². The van der Waals surface area contributed by atoms with Crippen LogP contribution in [-0.2, 0) is 14.3 Å². The normalized spacial score (nSPS) is 31.7. The monoisotopic (exact) mass is 255 g/mol. The Balaban J connectivity index is 2.05. The molecule has 2 aliphatic rings. The van der Waals surface area contributed by atoms with Gasteiger partial charge in [-0.3, -0.25) is 9.59 Å². The van der Waals surface area contributed by atoms with Crippen molar-refractivity contribution in [2.75, 3.05) is 33.9 Å². The van der Waals surface area contributed by atoms with Crippen LogP contribution in [0.15, 0.2) is 0 Å². The van der Waals surface area contributed by atoms with E-state index in [1.807, 2.05) is 7.05 Å². The highest BCUT2D eigenvalue weighted by Crippen LogP contribution is 2.23. The largest absolute Gasteiger partial charge is 0.379 e. The highest BCUT2D eigenvalue weighted by Gasteiger charge is 2.41. The topological polar surface area (TPSA) is 70.7 Å².